The topological polar surface area (TPSA) is 90.9 Å². The average molecular weight is 496 g/mol. The van der Waals surface area contributed by atoms with Gasteiger partial charge in [-0.15, -0.1) is 0 Å². The maximum absolute atomic E-state index is 14.1. The molecule has 0 spiro atoms. The van der Waals surface area contributed by atoms with Crippen molar-refractivity contribution in [2.75, 3.05) is 20.3 Å². The molecule has 0 amide bonds. The number of carbonyl (C=O) groups is 3. The Balaban J connectivity index is 1.85. The summed E-state index contributed by atoms with van der Waals surface area (Å²) in [5, 5.41) is 7.14. The highest BCUT2D eigenvalue weighted by Crippen LogP contribution is 2.48. The third kappa shape index (κ3) is 4.62. The van der Waals surface area contributed by atoms with E-state index in [2.05, 4.69) is 5.32 Å². The highest BCUT2D eigenvalue weighted by molar-refractivity contribution is 7.08. The molecule has 2 aromatic rings. The van der Waals surface area contributed by atoms with E-state index in [4.69, 9.17) is 14.2 Å². The summed E-state index contributed by atoms with van der Waals surface area (Å²) in [6, 6.07) is 9.29. The van der Waals surface area contributed by atoms with Crippen molar-refractivity contribution in [3.05, 3.63) is 74.8 Å². The van der Waals surface area contributed by atoms with Crippen molar-refractivity contribution < 1.29 is 28.6 Å². The number of ether oxygens (including phenoxy) is 3. The number of hydrogen-bond acceptors (Lipinski definition) is 8. The van der Waals surface area contributed by atoms with E-state index in [9.17, 15) is 14.4 Å². The van der Waals surface area contributed by atoms with Crippen molar-refractivity contribution in [1.82, 2.24) is 5.32 Å². The number of benzene rings is 1. The minimum absolute atomic E-state index is 0.170. The zero-order valence-corrected chi connectivity index (χ0v) is 21.1. The number of nitrogens with one attached hydrogen (secondary N) is 1. The fourth-order valence-electron chi connectivity index (χ4n) is 4.95. The summed E-state index contributed by atoms with van der Waals surface area (Å²) in [7, 11) is 1.59. The number of Topliss-reactive ketones (excluding diaryl/α,β-unsaturated/α-hetero) is 1. The number of esters is 2. The lowest BCUT2D eigenvalue weighted by Gasteiger charge is -2.39. The van der Waals surface area contributed by atoms with Gasteiger partial charge >= 0.3 is 11.9 Å². The minimum atomic E-state index is -1.02. The Morgan fingerprint density at radius 2 is 1.77 bits per heavy atom. The Labute approximate surface area is 208 Å². The zero-order valence-electron chi connectivity index (χ0n) is 20.3. The summed E-state index contributed by atoms with van der Waals surface area (Å²) in [6.07, 6.45) is 0.422. The maximum Gasteiger partial charge on any atom is 0.336 e. The van der Waals surface area contributed by atoms with E-state index in [1.165, 1.54) is 11.3 Å². The second-order valence-electron chi connectivity index (χ2n) is 8.44. The summed E-state index contributed by atoms with van der Waals surface area (Å²) in [5.41, 5.74) is 3.86. The zero-order chi connectivity index (χ0) is 25.1. The number of ketones is 1. The van der Waals surface area contributed by atoms with Crippen LogP contribution in [-0.4, -0.2) is 38.0 Å². The van der Waals surface area contributed by atoms with Gasteiger partial charge < -0.3 is 19.5 Å². The molecule has 35 heavy (non-hydrogen) atoms. The second-order valence-corrected chi connectivity index (χ2v) is 9.22. The molecule has 2 aliphatic rings. The minimum Gasteiger partial charge on any atom is -0.497 e. The molecule has 7 nitrogen and oxygen atoms in total. The monoisotopic (exact) mass is 495 g/mol. The number of hydrogen-bond donors (Lipinski definition) is 1. The van der Waals surface area contributed by atoms with Gasteiger partial charge in [-0.05, 0) is 67.3 Å². The molecule has 1 aliphatic heterocycles. The summed E-state index contributed by atoms with van der Waals surface area (Å²) in [5.74, 6) is -2.72. The largest absolute Gasteiger partial charge is 0.497 e. The Morgan fingerprint density at radius 3 is 2.37 bits per heavy atom. The third-order valence-electron chi connectivity index (χ3n) is 6.48. The maximum atomic E-state index is 14.1. The van der Waals surface area contributed by atoms with E-state index < -0.39 is 29.7 Å². The smallest absolute Gasteiger partial charge is 0.336 e. The Kier molecular flexibility index (Phi) is 7.40. The van der Waals surface area contributed by atoms with Gasteiger partial charge in [-0.25, -0.2) is 4.79 Å². The number of carbonyl (C=O) groups excluding carboxylic acids is 3. The van der Waals surface area contributed by atoms with Crippen LogP contribution in [0.5, 0.6) is 5.75 Å². The van der Waals surface area contributed by atoms with E-state index in [0.29, 0.717) is 29.0 Å². The summed E-state index contributed by atoms with van der Waals surface area (Å²) < 4.78 is 16.0. The van der Waals surface area contributed by atoms with Gasteiger partial charge in [0.1, 0.15) is 11.7 Å². The Bertz CT molecular complexity index is 1180. The predicted molar refractivity (Wildman–Crippen MR) is 132 cm³/mol. The van der Waals surface area contributed by atoms with Crippen molar-refractivity contribution in [3.63, 3.8) is 0 Å². The van der Waals surface area contributed by atoms with Crippen molar-refractivity contribution in [2.24, 2.45) is 5.92 Å². The molecular formula is C27H29NO6S. The van der Waals surface area contributed by atoms with E-state index in [0.717, 1.165) is 16.8 Å². The highest BCUT2D eigenvalue weighted by atomic mass is 32.1. The normalized spacial score (nSPS) is 21.8. The number of methoxy groups -OCH3 is 1. The fourth-order valence-corrected chi connectivity index (χ4v) is 5.64. The lowest BCUT2D eigenvalue weighted by molar-refractivity contribution is -0.152. The fraction of sp³-hybridized carbons (Fsp3) is 0.370. The van der Waals surface area contributed by atoms with Crippen LogP contribution >= 0.6 is 11.3 Å². The lowest BCUT2D eigenvalue weighted by Crippen LogP contribution is -2.43. The van der Waals surface area contributed by atoms with E-state index in [1.54, 1.807) is 21.0 Å². The molecule has 1 aromatic carbocycles. The van der Waals surface area contributed by atoms with Crippen LogP contribution in [0.3, 0.4) is 0 Å². The SMILES string of the molecule is CCOC(=O)C1=C(C)NC2=C(C(=O)[C@H](C(=O)OCC)[C@H](c3ccc(OC)cc3)C2)[C@@H]1c1ccsc1. The van der Waals surface area contributed by atoms with Gasteiger partial charge in [0, 0.05) is 28.8 Å². The first-order valence-corrected chi connectivity index (χ1v) is 12.6. The molecule has 184 valence electrons. The van der Waals surface area contributed by atoms with Crippen molar-refractivity contribution in [3.8, 4) is 5.75 Å². The van der Waals surface area contributed by atoms with Crippen molar-refractivity contribution in [1.29, 1.82) is 0 Å². The van der Waals surface area contributed by atoms with Crippen molar-refractivity contribution >= 4 is 29.1 Å². The summed E-state index contributed by atoms with van der Waals surface area (Å²) in [4.78, 5) is 40.3. The Morgan fingerprint density at radius 1 is 1.06 bits per heavy atom. The van der Waals surface area contributed by atoms with Crippen LogP contribution in [-0.2, 0) is 23.9 Å². The molecule has 0 saturated carbocycles. The van der Waals surface area contributed by atoms with Gasteiger partial charge in [0.25, 0.3) is 0 Å². The first-order chi connectivity index (χ1) is 16.9. The van der Waals surface area contributed by atoms with Crippen LogP contribution in [0.25, 0.3) is 0 Å². The third-order valence-corrected chi connectivity index (χ3v) is 7.18. The van der Waals surface area contributed by atoms with Gasteiger partial charge in [-0.3, -0.25) is 9.59 Å². The second kappa shape index (κ2) is 10.5. The molecule has 0 unspecified atom stereocenters. The predicted octanol–water partition coefficient (Wildman–Crippen LogP) is 4.47. The summed E-state index contributed by atoms with van der Waals surface area (Å²) in [6.45, 7) is 5.68. The summed E-state index contributed by atoms with van der Waals surface area (Å²) >= 11 is 1.49. The average Bonchev–Trinajstić information content (AvgIpc) is 3.38. The number of rotatable bonds is 7. The van der Waals surface area contributed by atoms with Crippen LogP contribution in [0.4, 0.5) is 0 Å². The molecule has 8 heteroatoms. The first kappa shape index (κ1) is 24.7. The number of thiophene rings is 1. The van der Waals surface area contributed by atoms with E-state index in [1.807, 2.05) is 48.0 Å². The van der Waals surface area contributed by atoms with Gasteiger partial charge in [0.2, 0.25) is 0 Å². The van der Waals surface area contributed by atoms with Crippen LogP contribution in [0.1, 0.15) is 50.2 Å². The number of allylic oxidation sites excluding steroid dienone is 3. The molecule has 4 rings (SSSR count). The standard InChI is InChI=1S/C27H29NO6S/c1-5-33-26(30)21-15(3)28-20-13-19(16-7-9-18(32-4)10-8-16)23(27(31)34-6-2)25(29)24(20)22(21)17-11-12-35-14-17/h7-12,14,19,22-23,28H,5-6,13H2,1-4H3/t19-,22+,23+/m0/s1. The highest BCUT2D eigenvalue weighted by Gasteiger charge is 2.49. The van der Waals surface area contributed by atoms with Crippen LogP contribution in [0.15, 0.2) is 63.6 Å². The molecule has 1 aromatic heterocycles. The molecule has 0 saturated heterocycles. The van der Waals surface area contributed by atoms with Crippen LogP contribution < -0.4 is 10.1 Å². The molecule has 0 bridgehead atoms. The molecular weight excluding hydrogens is 466 g/mol. The molecule has 2 heterocycles. The molecule has 1 N–H and O–H groups in total. The molecule has 0 fully saturated rings. The molecule has 0 radical (unpaired) electrons. The lowest BCUT2D eigenvalue weighted by atomic mass is 9.67. The number of dihydropyridines is 1. The van der Waals surface area contributed by atoms with Crippen molar-refractivity contribution in [2.45, 2.75) is 39.0 Å². The van der Waals surface area contributed by atoms with Gasteiger partial charge in [-0.1, -0.05) is 12.1 Å². The Hall–Kier alpha value is -3.39. The van der Waals surface area contributed by atoms with E-state index in [-0.39, 0.29) is 19.0 Å². The van der Waals surface area contributed by atoms with Crippen LogP contribution in [0.2, 0.25) is 0 Å². The molecule has 1 aliphatic carbocycles. The van der Waals surface area contributed by atoms with E-state index >= 15 is 0 Å². The first-order valence-electron chi connectivity index (χ1n) is 11.7. The van der Waals surface area contributed by atoms with Gasteiger partial charge in [-0.2, -0.15) is 11.3 Å². The molecule has 3 atom stereocenters. The van der Waals surface area contributed by atoms with Crippen LogP contribution in [0, 0.1) is 5.92 Å². The van der Waals surface area contributed by atoms with Gasteiger partial charge in [0.05, 0.1) is 25.9 Å². The van der Waals surface area contributed by atoms with Gasteiger partial charge in [0.15, 0.2) is 5.78 Å². The quantitative estimate of drug-likeness (QED) is 0.448.